The molecule has 0 bridgehead atoms. The molecule has 0 aliphatic rings. The average Bonchev–Trinajstić information content (AvgIpc) is 2.93. The number of thiazole rings is 1. The molecular weight excluding hydrogens is 278 g/mol. The Balaban J connectivity index is 2.02. The van der Waals surface area contributed by atoms with Gasteiger partial charge >= 0.3 is 12.0 Å². The van der Waals surface area contributed by atoms with Crippen molar-refractivity contribution >= 4 is 23.3 Å². The molecule has 7 heteroatoms. The number of carboxylic acids is 1. The van der Waals surface area contributed by atoms with Crippen molar-refractivity contribution in [3.8, 4) is 0 Å². The first-order valence-corrected chi connectivity index (χ1v) is 7.60. The van der Waals surface area contributed by atoms with Gasteiger partial charge in [-0.15, -0.1) is 11.3 Å². The van der Waals surface area contributed by atoms with Crippen LogP contribution in [0.25, 0.3) is 0 Å². The number of hydrogen-bond acceptors (Lipinski definition) is 4. The molecule has 0 aliphatic carbocycles. The lowest BCUT2D eigenvalue weighted by Crippen LogP contribution is -2.37. The zero-order valence-electron chi connectivity index (χ0n) is 11.6. The van der Waals surface area contributed by atoms with E-state index in [-0.39, 0.29) is 18.4 Å². The molecule has 1 aromatic rings. The highest BCUT2D eigenvalue weighted by Gasteiger charge is 2.09. The number of carboxylic acid groups (broad SMARTS) is 1. The normalized spacial score (nSPS) is 11.8. The summed E-state index contributed by atoms with van der Waals surface area (Å²) in [5.74, 6) is -0.566. The fourth-order valence-corrected chi connectivity index (χ4v) is 2.35. The van der Waals surface area contributed by atoms with Crippen LogP contribution in [0.1, 0.15) is 43.5 Å². The van der Waals surface area contributed by atoms with Crippen LogP contribution in [-0.2, 0) is 4.79 Å². The fraction of sp³-hybridized carbons (Fsp3) is 0.615. The van der Waals surface area contributed by atoms with Gasteiger partial charge in [-0.1, -0.05) is 13.3 Å². The summed E-state index contributed by atoms with van der Waals surface area (Å²) >= 11 is 1.58. The highest BCUT2D eigenvalue weighted by Crippen LogP contribution is 2.16. The van der Waals surface area contributed by atoms with Gasteiger partial charge in [0.05, 0.1) is 5.01 Å². The van der Waals surface area contributed by atoms with E-state index < -0.39 is 5.97 Å². The minimum Gasteiger partial charge on any atom is -0.481 e. The van der Waals surface area contributed by atoms with Crippen LogP contribution in [0.15, 0.2) is 11.6 Å². The minimum atomic E-state index is -0.771. The van der Waals surface area contributed by atoms with Gasteiger partial charge in [-0.3, -0.25) is 4.79 Å². The van der Waals surface area contributed by atoms with Crippen LogP contribution in [0, 0.1) is 0 Å². The molecule has 20 heavy (non-hydrogen) atoms. The lowest BCUT2D eigenvalue weighted by atomic mass is 10.2. The Morgan fingerprint density at radius 2 is 2.15 bits per heavy atom. The molecule has 1 heterocycles. The third kappa shape index (κ3) is 7.08. The molecule has 1 aromatic heterocycles. The standard InChI is InChI=1S/C13H21N3O3S/c1-10(12-14-7-8-20-12)9-16-13(19)15-6-4-2-3-5-11(17)18/h7-8,10H,2-6,9H2,1H3,(H,17,18)(H2,15,16,19). The van der Waals surface area contributed by atoms with Gasteiger partial charge in [0.25, 0.3) is 0 Å². The lowest BCUT2D eigenvalue weighted by Gasteiger charge is -2.11. The van der Waals surface area contributed by atoms with Crippen LogP contribution >= 0.6 is 11.3 Å². The van der Waals surface area contributed by atoms with Crippen molar-refractivity contribution in [2.24, 2.45) is 0 Å². The van der Waals surface area contributed by atoms with Crippen LogP contribution in [-0.4, -0.2) is 35.2 Å². The molecule has 112 valence electrons. The molecule has 1 atom stereocenters. The number of nitrogens with zero attached hydrogens (tertiary/aromatic N) is 1. The van der Waals surface area contributed by atoms with E-state index in [1.807, 2.05) is 12.3 Å². The molecule has 0 saturated carbocycles. The number of carbonyl (C=O) groups is 2. The van der Waals surface area contributed by atoms with E-state index in [0.717, 1.165) is 17.8 Å². The highest BCUT2D eigenvalue weighted by molar-refractivity contribution is 7.09. The monoisotopic (exact) mass is 299 g/mol. The maximum Gasteiger partial charge on any atom is 0.314 e. The summed E-state index contributed by atoms with van der Waals surface area (Å²) < 4.78 is 0. The van der Waals surface area contributed by atoms with Crippen molar-refractivity contribution < 1.29 is 14.7 Å². The van der Waals surface area contributed by atoms with Crippen LogP contribution in [0.2, 0.25) is 0 Å². The molecule has 0 aliphatic heterocycles. The zero-order valence-corrected chi connectivity index (χ0v) is 12.4. The summed E-state index contributed by atoms with van der Waals surface area (Å²) in [4.78, 5) is 26.0. The van der Waals surface area contributed by atoms with Crippen molar-refractivity contribution in [2.75, 3.05) is 13.1 Å². The third-order valence-corrected chi connectivity index (χ3v) is 3.80. The summed E-state index contributed by atoms with van der Waals surface area (Å²) in [5, 5.41) is 17.0. The third-order valence-electron chi connectivity index (χ3n) is 2.79. The second-order valence-electron chi connectivity index (χ2n) is 4.61. The van der Waals surface area contributed by atoms with E-state index in [9.17, 15) is 9.59 Å². The molecule has 1 unspecified atom stereocenters. The largest absolute Gasteiger partial charge is 0.481 e. The summed E-state index contributed by atoms with van der Waals surface area (Å²) in [5.41, 5.74) is 0. The second-order valence-corrected chi connectivity index (χ2v) is 5.54. The predicted octanol–water partition coefficient (Wildman–Crippen LogP) is 2.19. The smallest absolute Gasteiger partial charge is 0.314 e. The van der Waals surface area contributed by atoms with E-state index >= 15 is 0 Å². The van der Waals surface area contributed by atoms with E-state index in [0.29, 0.717) is 19.5 Å². The van der Waals surface area contributed by atoms with Gasteiger partial charge in [0.15, 0.2) is 0 Å². The van der Waals surface area contributed by atoms with Crippen molar-refractivity contribution in [2.45, 2.75) is 38.5 Å². The summed E-state index contributed by atoms with van der Waals surface area (Å²) in [7, 11) is 0. The first-order valence-electron chi connectivity index (χ1n) is 6.72. The Bertz CT molecular complexity index is 409. The molecule has 0 fully saturated rings. The van der Waals surface area contributed by atoms with Gasteiger partial charge in [0, 0.05) is 37.0 Å². The van der Waals surface area contributed by atoms with Gasteiger partial charge in [-0.2, -0.15) is 0 Å². The van der Waals surface area contributed by atoms with Gasteiger partial charge in [0.2, 0.25) is 0 Å². The first-order chi connectivity index (χ1) is 9.59. The number of aromatic nitrogens is 1. The SMILES string of the molecule is CC(CNC(=O)NCCCCCC(=O)O)c1nccs1. The zero-order chi connectivity index (χ0) is 14.8. The van der Waals surface area contributed by atoms with Gasteiger partial charge in [-0.25, -0.2) is 9.78 Å². The number of rotatable bonds is 9. The van der Waals surface area contributed by atoms with Crippen molar-refractivity contribution in [3.63, 3.8) is 0 Å². The van der Waals surface area contributed by atoms with Crippen molar-refractivity contribution in [1.29, 1.82) is 0 Å². The van der Waals surface area contributed by atoms with Gasteiger partial charge < -0.3 is 15.7 Å². The Morgan fingerprint density at radius 1 is 1.35 bits per heavy atom. The number of urea groups is 1. The molecular formula is C13H21N3O3S. The topological polar surface area (TPSA) is 91.3 Å². The molecule has 0 spiro atoms. The lowest BCUT2D eigenvalue weighted by molar-refractivity contribution is -0.137. The van der Waals surface area contributed by atoms with Gasteiger partial charge in [-0.05, 0) is 12.8 Å². The highest BCUT2D eigenvalue weighted by atomic mass is 32.1. The number of nitrogens with one attached hydrogen (secondary N) is 2. The molecule has 2 amide bonds. The second kappa shape index (κ2) is 9.30. The maximum atomic E-state index is 11.5. The molecule has 0 radical (unpaired) electrons. The Labute approximate surface area is 122 Å². The van der Waals surface area contributed by atoms with Crippen molar-refractivity contribution in [1.82, 2.24) is 15.6 Å². The number of hydrogen-bond donors (Lipinski definition) is 3. The molecule has 0 aromatic carbocycles. The number of aliphatic carboxylic acids is 1. The minimum absolute atomic E-state index is 0.188. The maximum absolute atomic E-state index is 11.5. The first kappa shape index (κ1) is 16.4. The van der Waals surface area contributed by atoms with Crippen molar-refractivity contribution in [3.05, 3.63) is 16.6 Å². The Hall–Kier alpha value is -1.63. The molecule has 3 N–H and O–H groups in total. The van der Waals surface area contributed by atoms with E-state index in [1.165, 1.54) is 0 Å². The summed E-state index contributed by atoms with van der Waals surface area (Å²) in [6, 6.07) is -0.188. The fourth-order valence-electron chi connectivity index (χ4n) is 1.65. The molecule has 0 saturated heterocycles. The molecule has 1 rings (SSSR count). The van der Waals surface area contributed by atoms with Crippen LogP contribution in [0.3, 0.4) is 0 Å². The van der Waals surface area contributed by atoms with Crippen LogP contribution in [0.5, 0.6) is 0 Å². The molecule has 6 nitrogen and oxygen atoms in total. The van der Waals surface area contributed by atoms with E-state index in [2.05, 4.69) is 15.6 Å². The average molecular weight is 299 g/mol. The predicted molar refractivity (Wildman–Crippen MR) is 78.0 cm³/mol. The quantitative estimate of drug-likeness (QED) is 0.610. The summed E-state index contributed by atoms with van der Waals surface area (Å²) in [6.07, 6.45) is 4.20. The van der Waals surface area contributed by atoms with Crippen LogP contribution < -0.4 is 10.6 Å². The number of amides is 2. The Morgan fingerprint density at radius 3 is 2.80 bits per heavy atom. The number of carbonyl (C=O) groups excluding carboxylic acids is 1. The van der Waals surface area contributed by atoms with Gasteiger partial charge in [0.1, 0.15) is 0 Å². The number of unbranched alkanes of at least 4 members (excludes halogenated alkanes) is 2. The summed E-state index contributed by atoms with van der Waals surface area (Å²) in [6.45, 7) is 3.14. The van der Waals surface area contributed by atoms with Crippen LogP contribution in [0.4, 0.5) is 4.79 Å². The van der Waals surface area contributed by atoms with E-state index in [4.69, 9.17) is 5.11 Å². The van der Waals surface area contributed by atoms with E-state index in [1.54, 1.807) is 17.5 Å². The Kier molecular flexibility index (Phi) is 7.64.